The molecule has 0 aliphatic carbocycles. The summed E-state index contributed by atoms with van der Waals surface area (Å²) in [6, 6.07) is 4.24. The first-order valence-corrected chi connectivity index (χ1v) is 6.46. The van der Waals surface area contributed by atoms with Gasteiger partial charge in [0.15, 0.2) is 0 Å². The molecule has 0 bridgehead atoms. The van der Waals surface area contributed by atoms with Gasteiger partial charge < -0.3 is 15.2 Å². The molecule has 3 nitrogen and oxygen atoms in total. The van der Waals surface area contributed by atoms with Crippen LogP contribution < -0.4 is 10.5 Å². The molecule has 4 heteroatoms. The molecule has 1 saturated heterocycles. The van der Waals surface area contributed by atoms with Crippen LogP contribution in [0, 0.1) is 5.82 Å². The highest BCUT2D eigenvalue weighted by Crippen LogP contribution is 2.25. The molecule has 1 aromatic carbocycles. The van der Waals surface area contributed by atoms with Crippen molar-refractivity contribution in [3.05, 3.63) is 29.6 Å². The molecule has 2 N–H and O–H groups in total. The minimum atomic E-state index is -0.284. The summed E-state index contributed by atoms with van der Waals surface area (Å²) in [4.78, 5) is 0. The summed E-state index contributed by atoms with van der Waals surface area (Å²) < 4.78 is 24.4. The normalized spacial score (nSPS) is 20.9. The maximum atomic E-state index is 13.1. The van der Waals surface area contributed by atoms with Crippen LogP contribution in [0.5, 0.6) is 5.75 Å². The van der Waals surface area contributed by atoms with Crippen LogP contribution in [0.25, 0.3) is 0 Å². The molecule has 100 valence electrons. The number of nitrogens with two attached hydrogens (primary N) is 1. The van der Waals surface area contributed by atoms with Crippen molar-refractivity contribution >= 4 is 0 Å². The van der Waals surface area contributed by atoms with Gasteiger partial charge in [-0.25, -0.2) is 4.39 Å². The minimum absolute atomic E-state index is 0.238. The first kappa shape index (κ1) is 13.3. The predicted octanol–water partition coefficient (Wildman–Crippen LogP) is 2.79. The van der Waals surface area contributed by atoms with Gasteiger partial charge in [-0.2, -0.15) is 0 Å². The van der Waals surface area contributed by atoms with Gasteiger partial charge in [0.05, 0.1) is 12.7 Å². The first-order valence-electron chi connectivity index (χ1n) is 6.46. The Kier molecular flexibility index (Phi) is 4.55. The quantitative estimate of drug-likeness (QED) is 0.877. The summed E-state index contributed by atoms with van der Waals surface area (Å²) in [5, 5.41) is 0. The van der Waals surface area contributed by atoms with Crippen molar-refractivity contribution < 1.29 is 13.9 Å². The molecule has 2 atom stereocenters. The zero-order valence-corrected chi connectivity index (χ0v) is 10.7. The molecule has 0 saturated carbocycles. The number of benzene rings is 1. The number of ether oxygens (including phenoxy) is 2. The zero-order valence-electron chi connectivity index (χ0n) is 10.7. The Morgan fingerprint density at radius 2 is 2.39 bits per heavy atom. The van der Waals surface area contributed by atoms with Crippen LogP contribution in [0.2, 0.25) is 0 Å². The molecule has 0 amide bonds. The second-order valence-corrected chi connectivity index (χ2v) is 4.74. The second kappa shape index (κ2) is 6.16. The first-order chi connectivity index (χ1) is 8.66. The Labute approximate surface area is 107 Å². The number of halogens is 1. The fourth-order valence-electron chi connectivity index (χ4n) is 2.18. The van der Waals surface area contributed by atoms with E-state index < -0.39 is 0 Å². The lowest BCUT2D eigenvalue weighted by molar-refractivity contribution is 0.0901. The van der Waals surface area contributed by atoms with Crippen LogP contribution in [-0.2, 0) is 4.74 Å². The molecular formula is C14H20FNO2. The van der Waals surface area contributed by atoms with Gasteiger partial charge in [-0.15, -0.1) is 0 Å². The topological polar surface area (TPSA) is 44.5 Å². The average molecular weight is 253 g/mol. The third kappa shape index (κ3) is 3.43. The van der Waals surface area contributed by atoms with Crippen molar-refractivity contribution in [2.24, 2.45) is 5.73 Å². The molecule has 1 heterocycles. The standard InChI is InChI=1S/C14H20FNO2/c1-10(16)13-9-11(15)4-5-14(13)18-8-6-12-3-2-7-17-12/h4-5,9-10,12H,2-3,6-8,16H2,1H3. The smallest absolute Gasteiger partial charge is 0.124 e. The summed E-state index contributed by atoms with van der Waals surface area (Å²) in [5.74, 6) is 0.387. The molecule has 1 aromatic rings. The summed E-state index contributed by atoms with van der Waals surface area (Å²) in [5.41, 5.74) is 6.52. The SMILES string of the molecule is CC(N)c1cc(F)ccc1OCCC1CCCO1. The summed E-state index contributed by atoms with van der Waals surface area (Å²) in [6.07, 6.45) is 3.42. The van der Waals surface area contributed by atoms with E-state index >= 15 is 0 Å². The molecule has 0 aromatic heterocycles. The molecule has 1 fully saturated rings. The number of rotatable bonds is 5. The van der Waals surface area contributed by atoms with Crippen LogP contribution in [0.15, 0.2) is 18.2 Å². The molecule has 2 rings (SSSR count). The van der Waals surface area contributed by atoms with Gasteiger partial charge >= 0.3 is 0 Å². The lowest BCUT2D eigenvalue weighted by Crippen LogP contribution is -2.13. The van der Waals surface area contributed by atoms with E-state index in [-0.39, 0.29) is 11.9 Å². The molecule has 1 aliphatic heterocycles. The number of hydrogen-bond donors (Lipinski definition) is 1. The zero-order chi connectivity index (χ0) is 13.0. The van der Waals surface area contributed by atoms with E-state index in [1.54, 1.807) is 6.07 Å². The van der Waals surface area contributed by atoms with Gasteiger partial charge in [0.1, 0.15) is 11.6 Å². The Balaban J connectivity index is 1.91. The van der Waals surface area contributed by atoms with E-state index in [2.05, 4.69) is 0 Å². The van der Waals surface area contributed by atoms with Crippen molar-refractivity contribution in [1.82, 2.24) is 0 Å². The van der Waals surface area contributed by atoms with E-state index in [4.69, 9.17) is 15.2 Å². The second-order valence-electron chi connectivity index (χ2n) is 4.74. The van der Waals surface area contributed by atoms with Gasteiger partial charge in [0, 0.05) is 24.6 Å². The van der Waals surface area contributed by atoms with Crippen molar-refractivity contribution in [3.8, 4) is 5.75 Å². The van der Waals surface area contributed by atoms with Crippen molar-refractivity contribution in [1.29, 1.82) is 0 Å². The Hall–Kier alpha value is -1.13. The molecule has 1 aliphatic rings. The summed E-state index contributed by atoms with van der Waals surface area (Å²) in [7, 11) is 0. The van der Waals surface area contributed by atoms with Gasteiger partial charge in [0.2, 0.25) is 0 Å². The lowest BCUT2D eigenvalue weighted by Gasteiger charge is -2.15. The van der Waals surface area contributed by atoms with Crippen LogP contribution in [0.1, 0.15) is 37.8 Å². The van der Waals surface area contributed by atoms with E-state index in [0.29, 0.717) is 24.0 Å². The Morgan fingerprint density at radius 1 is 1.56 bits per heavy atom. The molecule has 0 spiro atoms. The van der Waals surface area contributed by atoms with E-state index in [9.17, 15) is 4.39 Å². The third-order valence-electron chi connectivity index (χ3n) is 3.18. The molecular weight excluding hydrogens is 233 g/mol. The highest BCUT2D eigenvalue weighted by molar-refractivity contribution is 5.36. The Bertz CT molecular complexity index is 389. The molecule has 0 radical (unpaired) electrons. The van der Waals surface area contributed by atoms with Crippen LogP contribution in [0.4, 0.5) is 4.39 Å². The fraction of sp³-hybridized carbons (Fsp3) is 0.571. The molecule has 2 unspecified atom stereocenters. The van der Waals surface area contributed by atoms with Gasteiger partial charge in [-0.3, -0.25) is 0 Å². The van der Waals surface area contributed by atoms with E-state index in [0.717, 1.165) is 25.9 Å². The highest BCUT2D eigenvalue weighted by atomic mass is 19.1. The average Bonchev–Trinajstić information content (AvgIpc) is 2.84. The predicted molar refractivity (Wildman–Crippen MR) is 68.1 cm³/mol. The van der Waals surface area contributed by atoms with Crippen molar-refractivity contribution in [3.63, 3.8) is 0 Å². The van der Waals surface area contributed by atoms with E-state index in [1.807, 2.05) is 6.92 Å². The lowest BCUT2D eigenvalue weighted by atomic mass is 10.1. The monoisotopic (exact) mass is 253 g/mol. The highest BCUT2D eigenvalue weighted by Gasteiger charge is 2.16. The van der Waals surface area contributed by atoms with Crippen molar-refractivity contribution in [2.45, 2.75) is 38.3 Å². The van der Waals surface area contributed by atoms with Gasteiger partial charge in [0.25, 0.3) is 0 Å². The summed E-state index contributed by atoms with van der Waals surface area (Å²) >= 11 is 0. The maximum absolute atomic E-state index is 13.1. The van der Waals surface area contributed by atoms with Crippen LogP contribution in [-0.4, -0.2) is 19.3 Å². The minimum Gasteiger partial charge on any atom is -0.493 e. The largest absolute Gasteiger partial charge is 0.493 e. The fourth-order valence-corrected chi connectivity index (χ4v) is 2.18. The third-order valence-corrected chi connectivity index (χ3v) is 3.18. The van der Waals surface area contributed by atoms with Crippen molar-refractivity contribution in [2.75, 3.05) is 13.2 Å². The summed E-state index contributed by atoms with van der Waals surface area (Å²) in [6.45, 7) is 3.25. The van der Waals surface area contributed by atoms with Crippen LogP contribution >= 0.6 is 0 Å². The van der Waals surface area contributed by atoms with Gasteiger partial charge in [-0.05, 0) is 38.0 Å². The van der Waals surface area contributed by atoms with Gasteiger partial charge in [-0.1, -0.05) is 0 Å². The Morgan fingerprint density at radius 3 is 3.06 bits per heavy atom. The molecule has 18 heavy (non-hydrogen) atoms. The van der Waals surface area contributed by atoms with Crippen LogP contribution in [0.3, 0.4) is 0 Å². The number of hydrogen-bond acceptors (Lipinski definition) is 3. The van der Waals surface area contributed by atoms with E-state index in [1.165, 1.54) is 12.1 Å². The maximum Gasteiger partial charge on any atom is 0.124 e.